The van der Waals surface area contributed by atoms with E-state index in [9.17, 15) is 0 Å². The van der Waals surface area contributed by atoms with E-state index in [-0.39, 0.29) is 10.5 Å². The molecular weight excluding hydrogens is 340 g/mol. The zero-order valence-electron chi connectivity index (χ0n) is 18.4. The molecule has 0 aliphatic carbocycles. The Morgan fingerprint density at radius 3 is 2.12 bits per heavy atom. The Hall–Kier alpha value is -1.26. The smallest absolute Gasteiger partial charge is 0.250 e. The Morgan fingerprint density at radius 1 is 1.04 bits per heavy atom. The summed E-state index contributed by atoms with van der Waals surface area (Å²) < 4.78 is 18.0. The van der Waals surface area contributed by atoms with Gasteiger partial charge in [0.05, 0.1) is 13.7 Å². The third-order valence-electron chi connectivity index (χ3n) is 5.11. The van der Waals surface area contributed by atoms with Gasteiger partial charge in [-0.25, -0.2) is 0 Å². The van der Waals surface area contributed by atoms with Crippen LogP contribution in [0, 0.1) is 5.41 Å². The topological polar surface area (TPSA) is 27.7 Å². The van der Waals surface area contributed by atoms with E-state index in [0.29, 0.717) is 13.2 Å². The number of hydrogen-bond acceptors (Lipinski definition) is 3. The van der Waals surface area contributed by atoms with Gasteiger partial charge in [-0.3, -0.25) is 0 Å². The summed E-state index contributed by atoms with van der Waals surface area (Å²) in [5.74, 6) is 1.79. The highest BCUT2D eigenvalue weighted by molar-refractivity contribution is 6.74. The van der Waals surface area contributed by atoms with Crippen molar-refractivity contribution in [2.24, 2.45) is 5.41 Å². The molecule has 1 aromatic carbocycles. The zero-order valence-corrected chi connectivity index (χ0v) is 19.4. The molecule has 26 heavy (non-hydrogen) atoms. The largest absolute Gasteiger partial charge is 0.543 e. The number of benzene rings is 1. The van der Waals surface area contributed by atoms with Crippen LogP contribution in [0.25, 0.3) is 5.76 Å². The molecule has 3 nitrogen and oxygen atoms in total. The van der Waals surface area contributed by atoms with Crippen LogP contribution in [0.4, 0.5) is 0 Å². The van der Waals surface area contributed by atoms with Gasteiger partial charge in [0.2, 0.25) is 8.32 Å². The highest BCUT2D eigenvalue weighted by atomic mass is 28.4. The summed E-state index contributed by atoms with van der Waals surface area (Å²) in [6.07, 6.45) is 0. The normalized spacial score (nSPS) is 14.1. The summed E-state index contributed by atoms with van der Waals surface area (Å²) >= 11 is 0. The summed E-state index contributed by atoms with van der Waals surface area (Å²) in [7, 11) is -0.149. The second kappa shape index (κ2) is 8.62. The van der Waals surface area contributed by atoms with Crippen molar-refractivity contribution in [3.63, 3.8) is 0 Å². The van der Waals surface area contributed by atoms with Crippen molar-refractivity contribution >= 4 is 14.1 Å². The van der Waals surface area contributed by atoms with Crippen LogP contribution in [0.2, 0.25) is 18.1 Å². The molecule has 0 radical (unpaired) electrons. The SMILES string of the molecule is CCOCC(=C(OC)c1cccc(O[Si](C)(C)C(C)(C)C)c1)C(C)(C)C. The van der Waals surface area contributed by atoms with Crippen molar-refractivity contribution in [2.45, 2.75) is 66.6 Å². The van der Waals surface area contributed by atoms with Gasteiger partial charge < -0.3 is 13.9 Å². The van der Waals surface area contributed by atoms with Crippen LogP contribution in [0.5, 0.6) is 5.75 Å². The predicted octanol–water partition coefficient (Wildman–Crippen LogP) is 6.51. The highest BCUT2D eigenvalue weighted by Crippen LogP contribution is 2.39. The number of rotatable bonds is 7. The van der Waals surface area contributed by atoms with Crippen molar-refractivity contribution in [1.82, 2.24) is 0 Å². The molecule has 0 fully saturated rings. The molecular formula is C22H38O3Si. The van der Waals surface area contributed by atoms with Gasteiger partial charge in [-0.15, -0.1) is 0 Å². The summed E-state index contributed by atoms with van der Waals surface area (Å²) in [6.45, 7) is 21.1. The maximum atomic E-state index is 6.48. The number of hydrogen-bond donors (Lipinski definition) is 0. The molecule has 0 N–H and O–H groups in total. The molecule has 148 valence electrons. The Kier molecular flexibility index (Phi) is 7.55. The van der Waals surface area contributed by atoms with E-state index in [1.807, 2.05) is 19.1 Å². The summed E-state index contributed by atoms with van der Waals surface area (Å²) in [5, 5.41) is 0.161. The Morgan fingerprint density at radius 2 is 1.65 bits per heavy atom. The second-order valence-electron chi connectivity index (χ2n) is 9.29. The molecule has 0 aliphatic rings. The predicted molar refractivity (Wildman–Crippen MR) is 114 cm³/mol. The van der Waals surface area contributed by atoms with Crippen molar-refractivity contribution < 1.29 is 13.9 Å². The lowest BCUT2D eigenvalue weighted by Crippen LogP contribution is -2.43. The fraction of sp³-hybridized carbons (Fsp3) is 0.636. The van der Waals surface area contributed by atoms with Crippen molar-refractivity contribution in [1.29, 1.82) is 0 Å². The molecule has 0 heterocycles. The van der Waals surface area contributed by atoms with Crippen LogP contribution in [0.1, 0.15) is 54.0 Å². The Balaban J connectivity index is 3.34. The lowest BCUT2D eigenvalue weighted by Gasteiger charge is -2.36. The molecule has 1 aromatic rings. The van der Waals surface area contributed by atoms with Crippen molar-refractivity contribution in [3.05, 3.63) is 35.4 Å². The monoisotopic (exact) mass is 378 g/mol. The second-order valence-corrected chi connectivity index (χ2v) is 14.0. The first-order valence-electron chi connectivity index (χ1n) is 9.48. The van der Waals surface area contributed by atoms with Crippen LogP contribution in [0.3, 0.4) is 0 Å². The maximum Gasteiger partial charge on any atom is 0.250 e. The van der Waals surface area contributed by atoms with Crippen LogP contribution in [0.15, 0.2) is 29.8 Å². The first-order valence-corrected chi connectivity index (χ1v) is 12.4. The van der Waals surface area contributed by atoms with Gasteiger partial charge in [-0.05, 0) is 42.6 Å². The first kappa shape index (κ1) is 22.8. The van der Waals surface area contributed by atoms with Gasteiger partial charge in [0.15, 0.2) is 0 Å². The maximum absolute atomic E-state index is 6.48. The molecule has 0 atom stereocenters. The molecule has 0 bridgehead atoms. The quantitative estimate of drug-likeness (QED) is 0.400. The minimum absolute atomic E-state index is 0.0448. The van der Waals surface area contributed by atoms with E-state index in [1.165, 1.54) is 0 Å². The van der Waals surface area contributed by atoms with Crippen LogP contribution >= 0.6 is 0 Å². The molecule has 0 unspecified atom stereocenters. The fourth-order valence-corrected chi connectivity index (χ4v) is 3.41. The average molecular weight is 379 g/mol. The molecule has 0 aliphatic heterocycles. The first-order chi connectivity index (χ1) is 11.8. The van der Waals surface area contributed by atoms with Gasteiger partial charge in [0.1, 0.15) is 11.5 Å². The van der Waals surface area contributed by atoms with E-state index in [0.717, 1.165) is 22.6 Å². The van der Waals surface area contributed by atoms with Gasteiger partial charge >= 0.3 is 0 Å². The zero-order chi connectivity index (χ0) is 20.2. The average Bonchev–Trinajstić information content (AvgIpc) is 2.49. The van der Waals surface area contributed by atoms with Crippen LogP contribution in [-0.4, -0.2) is 28.6 Å². The van der Waals surface area contributed by atoms with E-state index in [4.69, 9.17) is 13.9 Å². The minimum Gasteiger partial charge on any atom is -0.543 e. The summed E-state index contributed by atoms with van der Waals surface area (Å²) in [6, 6.07) is 8.25. The van der Waals surface area contributed by atoms with Crippen LogP contribution in [-0.2, 0) is 9.47 Å². The fourth-order valence-electron chi connectivity index (χ4n) is 2.39. The Bertz CT molecular complexity index is 619. The van der Waals surface area contributed by atoms with Crippen LogP contribution < -0.4 is 4.43 Å². The molecule has 0 aromatic heterocycles. The van der Waals surface area contributed by atoms with Gasteiger partial charge in [-0.2, -0.15) is 0 Å². The van der Waals surface area contributed by atoms with Gasteiger partial charge in [0, 0.05) is 17.7 Å². The molecule has 1 rings (SSSR count). The minimum atomic E-state index is -1.88. The van der Waals surface area contributed by atoms with Crippen molar-refractivity contribution in [3.8, 4) is 5.75 Å². The lowest BCUT2D eigenvalue weighted by atomic mass is 9.84. The number of methoxy groups -OCH3 is 1. The third-order valence-corrected chi connectivity index (χ3v) is 9.47. The summed E-state index contributed by atoms with van der Waals surface area (Å²) in [4.78, 5) is 0. The van der Waals surface area contributed by atoms with E-state index in [2.05, 4.69) is 66.8 Å². The van der Waals surface area contributed by atoms with Gasteiger partial charge in [0.25, 0.3) is 0 Å². The molecule has 4 heteroatoms. The molecule has 0 spiro atoms. The molecule has 0 saturated carbocycles. The van der Waals surface area contributed by atoms with Gasteiger partial charge in [-0.1, -0.05) is 53.7 Å². The highest BCUT2D eigenvalue weighted by Gasteiger charge is 2.39. The number of ether oxygens (including phenoxy) is 2. The van der Waals surface area contributed by atoms with E-state index < -0.39 is 8.32 Å². The van der Waals surface area contributed by atoms with E-state index >= 15 is 0 Å². The molecule has 0 amide bonds. The Labute approximate surface area is 161 Å². The van der Waals surface area contributed by atoms with E-state index in [1.54, 1.807) is 7.11 Å². The van der Waals surface area contributed by atoms with Crippen molar-refractivity contribution in [2.75, 3.05) is 20.3 Å². The lowest BCUT2D eigenvalue weighted by molar-refractivity contribution is 0.155. The summed E-state index contributed by atoms with van der Waals surface area (Å²) in [5.41, 5.74) is 2.15. The molecule has 0 saturated heterocycles. The standard InChI is InChI=1S/C22H38O3Si/c1-11-24-16-19(21(2,3)4)20(23-8)17-13-12-14-18(15-17)25-26(9,10)22(5,6)7/h12-15H,11,16H2,1-10H3. The third kappa shape index (κ3) is 5.88.